The molecule has 5 nitrogen and oxygen atoms in total. The van der Waals surface area contributed by atoms with Gasteiger partial charge in [0.25, 0.3) is 5.56 Å². The van der Waals surface area contributed by atoms with Gasteiger partial charge in [-0.3, -0.25) is 4.79 Å². The number of hydrogen-bond acceptors (Lipinski definition) is 3. The molecule has 0 fully saturated rings. The van der Waals surface area contributed by atoms with Crippen molar-refractivity contribution in [2.75, 3.05) is 0 Å². The number of aromatic carboxylic acids is 1. The molecule has 5 heteroatoms. The van der Waals surface area contributed by atoms with Crippen molar-refractivity contribution >= 4 is 5.97 Å². The zero-order valence-electron chi connectivity index (χ0n) is 9.21. The van der Waals surface area contributed by atoms with Crippen molar-refractivity contribution in [1.82, 2.24) is 4.57 Å². The third-order valence-corrected chi connectivity index (χ3v) is 2.49. The Morgan fingerprint density at radius 3 is 2.82 bits per heavy atom. The summed E-state index contributed by atoms with van der Waals surface area (Å²) in [7, 11) is 0. The molecular formula is C12H11NO4. The van der Waals surface area contributed by atoms with Crippen molar-refractivity contribution in [1.29, 1.82) is 0 Å². The topological polar surface area (TPSA) is 72.4 Å². The van der Waals surface area contributed by atoms with Crippen LogP contribution in [-0.4, -0.2) is 15.6 Å². The Balaban J connectivity index is 2.46. The molecule has 0 aromatic carbocycles. The molecule has 0 bridgehead atoms. The summed E-state index contributed by atoms with van der Waals surface area (Å²) in [5.74, 6) is -0.603. The molecule has 2 heterocycles. The summed E-state index contributed by atoms with van der Waals surface area (Å²) < 4.78 is 6.43. The predicted molar refractivity (Wildman–Crippen MR) is 60.2 cm³/mol. The van der Waals surface area contributed by atoms with E-state index in [0.29, 0.717) is 11.3 Å². The summed E-state index contributed by atoms with van der Waals surface area (Å²) in [5.41, 5.74) is -0.258. The minimum absolute atomic E-state index is 0.195. The van der Waals surface area contributed by atoms with Gasteiger partial charge in [-0.1, -0.05) is 0 Å². The van der Waals surface area contributed by atoms with E-state index in [1.807, 2.05) is 0 Å². The van der Waals surface area contributed by atoms with Crippen molar-refractivity contribution < 1.29 is 14.3 Å². The number of carbonyl (C=O) groups is 1. The van der Waals surface area contributed by atoms with Gasteiger partial charge in [0, 0.05) is 6.20 Å². The summed E-state index contributed by atoms with van der Waals surface area (Å²) in [4.78, 5) is 22.9. The first-order chi connectivity index (χ1) is 8.09. The normalized spacial score (nSPS) is 10.4. The van der Waals surface area contributed by atoms with Gasteiger partial charge in [0.15, 0.2) is 0 Å². The van der Waals surface area contributed by atoms with Crippen LogP contribution >= 0.6 is 0 Å². The van der Waals surface area contributed by atoms with Crippen LogP contribution in [0.3, 0.4) is 0 Å². The van der Waals surface area contributed by atoms with Gasteiger partial charge in [-0.15, -0.1) is 0 Å². The molecule has 17 heavy (non-hydrogen) atoms. The Labute approximate surface area is 96.9 Å². The van der Waals surface area contributed by atoms with Crippen molar-refractivity contribution in [3.8, 4) is 0 Å². The summed E-state index contributed by atoms with van der Waals surface area (Å²) in [5, 5.41) is 8.96. The molecule has 2 aromatic rings. The molecule has 0 saturated heterocycles. The second-order valence-electron chi connectivity index (χ2n) is 3.69. The lowest BCUT2D eigenvalue weighted by Crippen LogP contribution is -2.27. The largest absolute Gasteiger partial charge is 0.477 e. The summed E-state index contributed by atoms with van der Waals surface area (Å²) >= 11 is 0. The number of furan rings is 1. The lowest BCUT2D eigenvalue weighted by Gasteiger charge is -2.06. The van der Waals surface area contributed by atoms with Gasteiger partial charge in [-0.05, 0) is 30.7 Å². The Kier molecular flexibility index (Phi) is 2.82. The van der Waals surface area contributed by atoms with Crippen molar-refractivity contribution in [3.05, 3.63) is 57.9 Å². The molecule has 0 saturated carbocycles. The third kappa shape index (κ3) is 2.13. The Bertz CT molecular complexity index is 595. The van der Waals surface area contributed by atoms with E-state index in [9.17, 15) is 9.59 Å². The zero-order valence-corrected chi connectivity index (χ0v) is 9.21. The van der Waals surface area contributed by atoms with Crippen molar-refractivity contribution in [2.24, 2.45) is 0 Å². The Morgan fingerprint density at radius 2 is 2.24 bits per heavy atom. The summed E-state index contributed by atoms with van der Waals surface area (Å²) in [6, 6.07) is 5.05. The van der Waals surface area contributed by atoms with Crippen LogP contribution in [-0.2, 0) is 6.54 Å². The lowest BCUT2D eigenvalue weighted by atomic mass is 10.1. The number of carboxylic acids is 1. The average Bonchev–Trinajstić information content (AvgIpc) is 2.74. The lowest BCUT2D eigenvalue weighted by molar-refractivity contribution is 0.0693. The first kappa shape index (κ1) is 11.2. The van der Waals surface area contributed by atoms with Crippen LogP contribution in [0, 0.1) is 6.92 Å². The highest BCUT2D eigenvalue weighted by atomic mass is 16.4. The molecule has 88 valence electrons. The number of hydrogen-bond donors (Lipinski definition) is 1. The fourth-order valence-electron chi connectivity index (χ4n) is 1.62. The maximum atomic E-state index is 11.9. The number of rotatable bonds is 3. The minimum Gasteiger partial charge on any atom is -0.477 e. The average molecular weight is 233 g/mol. The molecule has 1 N–H and O–H groups in total. The SMILES string of the molecule is Cc1ccn(Cc2ccco2)c(=O)c1C(=O)O. The van der Waals surface area contributed by atoms with Gasteiger partial charge < -0.3 is 14.1 Å². The molecule has 0 aliphatic carbocycles. The summed E-state index contributed by atoms with van der Waals surface area (Å²) in [6.07, 6.45) is 3.07. The minimum atomic E-state index is -1.21. The van der Waals surface area contributed by atoms with Crippen LogP contribution in [0.1, 0.15) is 21.7 Å². The highest BCUT2D eigenvalue weighted by Crippen LogP contribution is 2.05. The monoisotopic (exact) mass is 233 g/mol. The number of carboxylic acid groups (broad SMARTS) is 1. The van der Waals surface area contributed by atoms with E-state index in [1.54, 1.807) is 31.3 Å². The smallest absolute Gasteiger partial charge is 0.341 e. The van der Waals surface area contributed by atoms with Gasteiger partial charge in [0.1, 0.15) is 11.3 Å². The van der Waals surface area contributed by atoms with Gasteiger partial charge >= 0.3 is 5.97 Å². The van der Waals surface area contributed by atoms with Gasteiger partial charge in [-0.25, -0.2) is 4.79 Å². The van der Waals surface area contributed by atoms with Gasteiger partial charge in [-0.2, -0.15) is 0 Å². The number of aryl methyl sites for hydroxylation is 1. The molecule has 2 rings (SSSR count). The van der Waals surface area contributed by atoms with Crippen LogP contribution in [0.5, 0.6) is 0 Å². The van der Waals surface area contributed by atoms with E-state index in [0.717, 1.165) is 0 Å². The molecule has 0 aliphatic heterocycles. The Morgan fingerprint density at radius 1 is 1.47 bits per heavy atom. The molecule has 0 atom stereocenters. The molecule has 2 aromatic heterocycles. The Hall–Kier alpha value is -2.30. The van der Waals surface area contributed by atoms with Crippen molar-refractivity contribution in [2.45, 2.75) is 13.5 Å². The highest BCUT2D eigenvalue weighted by molar-refractivity contribution is 5.88. The standard InChI is InChI=1S/C12H11NO4/c1-8-4-5-13(7-9-3-2-6-17-9)11(14)10(8)12(15)16/h2-6H,7H2,1H3,(H,15,16). The first-order valence-corrected chi connectivity index (χ1v) is 5.05. The number of nitrogens with zero attached hydrogens (tertiary/aromatic N) is 1. The van der Waals surface area contributed by atoms with E-state index in [4.69, 9.17) is 9.52 Å². The van der Waals surface area contributed by atoms with Crippen molar-refractivity contribution in [3.63, 3.8) is 0 Å². The first-order valence-electron chi connectivity index (χ1n) is 5.05. The second kappa shape index (κ2) is 4.29. The zero-order chi connectivity index (χ0) is 12.4. The fraction of sp³-hybridized carbons (Fsp3) is 0.167. The quantitative estimate of drug-likeness (QED) is 0.871. The fourth-order valence-corrected chi connectivity index (χ4v) is 1.62. The highest BCUT2D eigenvalue weighted by Gasteiger charge is 2.14. The van der Waals surface area contributed by atoms with Gasteiger partial charge in [0.05, 0.1) is 12.8 Å². The maximum absolute atomic E-state index is 11.9. The van der Waals surface area contributed by atoms with Gasteiger partial charge in [0.2, 0.25) is 0 Å². The van der Waals surface area contributed by atoms with E-state index in [1.165, 1.54) is 10.8 Å². The van der Waals surface area contributed by atoms with E-state index < -0.39 is 11.5 Å². The number of aromatic nitrogens is 1. The molecule has 0 radical (unpaired) electrons. The second-order valence-corrected chi connectivity index (χ2v) is 3.69. The van der Waals surface area contributed by atoms with E-state index in [-0.39, 0.29) is 12.1 Å². The maximum Gasteiger partial charge on any atom is 0.341 e. The van der Waals surface area contributed by atoms with Crippen LogP contribution in [0.4, 0.5) is 0 Å². The molecule has 0 amide bonds. The molecule has 0 aliphatic rings. The van der Waals surface area contributed by atoms with Crippen LogP contribution in [0.2, 0.25) is 0 Å². The van der Waals surface area contributed by atoms with Crippen LogP contribution in [0.25, 0.3) is 0 Å². The molecule has 0 spiro atoms. The third-order valence-electron chi connectivity index (χ3n) is 2.49. The van der Waals surface area contributed by atoms with E-state index >= 15 is 0 Å². The molecular weight excluding hydrogens is 222 g/mol. The summed E-state index contributed by atoms with van der Waals surface area (Å²) in [6.45, 7) is 1.83. The van der Waals surface area contributed by atoms with Crippen LogP contribution < -0.4 is 5.56 Å². The number of pyridine rings is 1. The van der Waals surface area contributed by atoms with E-state index in [2.05, 4.69) is 0 Å². The molecule has 0 unspecified atom stereocenters. The predicted octanol–water partition coefficient (Wildman–Crippen LogP) is 1.50. The van der Waals surface area contributed by atoms with Crippen LogP contribution in [0.15, 0.2) is 39.9 Å².